The van der Waals surface area contributed by atoms with Gasteiger partial charge >= 0.3 is 5.97 Å². The highest BCUT2D eigenvalue weighted by Gasteiger charge is 2.16. The maximum Gasteiger partial charge on any atom is 0.306 e. The van der Waals surface area contributed by atoms with Crippen molar-refractivity contribution in [1.82, 2.24) is 0 Å². The van der Waals surface area contributed by atoms with Crippen LogP contribution in [0.15, 0.2) is 42.0 Å². The highest BCUT2D eigenvalue weighted by Crippen LogP contribution is 2.18. The second kappa shape index (κ2) is 9.75. The van der Waals surface area contributed by atoms with Crippen LogP contribution in [0.5, 0.6) is 5.75 Å². The van der Waals surface area contributed by atoms with Crippen LogP contribution in [0.25, 0.3) is 0 Å². The number of aldehydes is 1. The van der Waals surface area contributed by atoms with Crippen molar-refractivity contribution < 1.29 is 19.1 Å². The van der Waals surface area contributed by atoms with E-state index in [0.29, 0.717) is 12.2 Å². The predicted molar refractivity (Wildman–Crippen MR) is 81.1 cm³/mol. The minimum Gasteiger partial charge on any atom is -0.490 e. The molecular weight excluding hydrogens is 268 g/mol. The molecule has 0 radical (unpaired) electrons. The van der Waals surface area contributed by atoms with Crippen LogP contribution in [-0.4, -0.2) is 25.5 Å². The van der Waals surface area contributed by atoms with E-state index in [1.807, 2.05) is 37.3 Å². The fraction of sp³-hybridized carbons (Fsp3) is 0.412. The third-order valence-corrected chi connectivity index (χ3v) is 3.21. The van der Waals surface area contributed by atoms with Gasteiger partial charge in [0.25, 0.3) is 0 Å². The molecule has 1 rings (SSSR count). The summed E-state index contributed by atoms with van der Waals surface area (Å²) in [4.78, 5) is 22.6. The molecule has 4 heteroatoms. The minimum absolute atomic E-state index is 0.0740. The first kappa shape index (κ1) is 17.0. The third kappa shape index (κ3) is 6.25. The number of allylic oxidation sites excluding steroid dienone is 2. The molecule has 4 nitrogen and oxygen atoms in total. The summed E-state index contributed by atoms with van der Waals surface area (Å²) in [7, 11) is 0. The molecule has 0 saturated carbocycles. The molecule has 0 aliphatic rings. The monoisotopic (exact) mass is 290 g/mol. The van der Waals surface area contributed by atoms with Crippen molar-refractivity contribution in [3.63, 3.8) is 0 Å². The average molecular weight is 290 g/mol. The number of esters is 1. The Bertz CT molecular complexity index is 465. The van der Waals surface area contributed by atoms with Gasteiger partial charge in [-0.25, -0.2) is 0 Å². The lowest BCUT2D eigenvalue weighted by molar-refractivity contribution is -0.145. The Morgan fingerprint density at radius 2 is 1.95 bits per heavy atom. The SMILES string of the molecule is CC=C(C=O)C(CC)CC(=O)OCCOc1ccccc1. The Kier molecular flexibility index (Phi) is 7.87. The average Bonchev–Trinajstić information content (AvgIpc) is 2.52. The van der Waals surface area contributed by atoms with E-state index in [0.717, 1.165) is 18.5 Å². The molecule has 0 fully saturated rings. The number of hydrogen-bond donors (Lipinski definition) is 0. The summed E-state index contributed by atoms with van der Waals surface area (Å²) >= 11 is 0. The number of hydrogen-bond acceptors (Lipinski definition) is 4. The van der Waals surface area contributed by atoms with Crippen molar-refractivity contribution in [3.05, 3.63) is 42.0 Å². The number of rotatable bonds is 9. The van der Waals surface area contributed by atoms with Crippen LogP contribution in [0.1, 0.15) is 26.7 Å². The van der Waals surface area contributed by atoms with E-state index < -0.39 is 0 Å². The van der Waals surface area contributed by atoms with E-state index in [9.17, 15) is 9.59 Å². The van der Waals surface area contributed by atoms with Crippen molar-refractivity contribution in [1.29, 1.82) is 0 Å². The Balaban J connectivity index is 2.28. The predicted octanol–water partition coefficient (Wildman–Crippen LogP) is 3.17. The summed E-state index contributed by atoms with van der Waals surface area (Å²) in [6.07, 6.45) is 3.50. The lowest BCUT2D eigenvalue weighted by atomic mass is 9.94. The zero-order chi connectivity index (χ0) is 15.5. The Morgan fingerprint density at radius 1 is 1.24 bits per heavy atom. The summed E-state index contributed by atoms with van der Waals surface area (Å²) in [5.74, 6) is 0.367. The summed E-state index contributed by atoms with van der Waals surface area (Å²) in [6.45, 7) is 4.27. The van der Waals surface area contributed by atoms with Crippen LogP contribution < -0.4 is 4.74 Å². The largest absolute Gasteiger partial charge is 0.490 e. The van der Waals surface area contributed by atoms with Gasteiger partial charge in [0.05, 0.1) is 6.42 Å². The van der Waals surface area contributed by atoms with Gasteiger partial charge in [-0.05, 0) is 37.0 Å². The molecular formula is C17H22O4. The van der Waals surface area contributed by atoms with Crippen molar-refractivity contribution >= 4 is 12.3 Å². The Morgan fingerprint density at radius 3 is 2.52 bits per heavy atom. The van der Waals surface area contributed by atoms with Gasteiger partial charge in [-0.15, -0.1) is 0 Å². The maximum absolute atomic E-state index is 11.7. The molecule has 0 aliphatic heterocycles. The van der Waals surface area contributed by atoms with Crippen LogP contribution in [-0.2, 0) is 14.3 Å². The van der Waals surface area contributed by atoms with Crippen LogP contribution in [0.4, 0.5) is 0 Å². The van der Waals surface area contributed by atoms with E-state index in [1.54, 1.807) is 13.0 Å². The van der Waals surface area contributed by atoms with Crippen molar-refractivity contribution in [2.24, 2.45) is 5.92 Å². The van der Waals surface area contributed by atoms with Crippen molar-refractivity contribution in [2.75, 3.05) is 13.2 Å². The molecule has 0 saturated heterocycles. The molecule has 21 heavy (non-hydrogen) atoms. The number of benzene rings is 1. The minimum atomic E-state index is -0.306. The molecule has 1 unspecified atom stereocenters. The van der Waals surface area contributed by atoms with Gasteiger partial charge in [0.2, 0.25) is 0 Å². The van der Waals surface area contributed by atoms with Gasteiger partial charge in [0.1, 0.15) is 25.2 Å². The highest BCUT2D eigenvalue weighted by atomic mass is 16.6. The third-order valence-electron chi connectivity index (χ3n) is 3.21. The number of carbonyl (C=O) groups is 2. The van der Waals surface area contributed by atoms with Gasteiger partial charge in [-0.3, -0.25) is 9.59 Å². The fourth-order valence-corrected chi connectivity index (χ4v) is 1.99. The molecule has 0 aromatic heterocycles. The number of para-hydroxylation sites is 1. The molecule has 0 spiro atoms. The van der Waals surface area contributed by atoms with Gasteiger partial charge in [-0.1, -0.05) is 31.2 Å². The first-order chi connectivity index (χ1) is 10.2. The quantitative estimate of drug-likeness (QED) is 0.303. The molecule has 0 amide bonds. The summed E-state index contributed by atoms with van der Waals surface area (Å²) in [6, 6.07) is 9.36. The number of ether oxygens (including phenoxy) is 2. The lowest BCUT2D eigenvalue weighted by Gasteiger charge is -2.14. The summed E-state index contributed by atoms with van der Waals surface area (Å²) in [5, 5.41) is 0. The van der Waals surface area contributed by atoms with E-state index in [4.69, 9.17) is 9.47 Å². The van der Waals surface area contributed by atoms with E-state index >= 15 is 0 Å². The van der Waals surface area contributed by atoms with Crippen LogP contribution in [0.3, 0.4) is 0 Å². The summed E-state index contributed by atoms with van der Waals surface area (Å²) < 4.78 is 10.6. The summed E-state index contributed by atoms with van der Waals surface area (Å²) in [5.41, 5.74) is 0.648. The lowest BCUT2D eigenvalue weighted by Crippen LogP contribution is -2.17. The fourth-order valence-electron chi connectivity index (χ4n) is 1.99. The Labute approximate surface area is 125 Å². The number of carbonyl (C=O) groups excluding carboxylic acids is 2. The first-order valence-corrected chi connectivity index (χ1v) is 7.16. The molecule has 1 aromatic rings. The molecule has 1 atom stereocenters. The molecule has 0 bridgehead atoms. The topological polar surface area (TPSA) is 52.6 Å². The molecule has 0 N–H and O–H groups in total. The van der Waals surface area contributed by atoms with E-state index in [1.165, 1.54) is 0 Å². The molecule has 0 heterocycles. The van der Waals surface area contributed by atoms with Crippen molar-refractivity contribution in [3.8, 4) is 5.75 Å². The maximum atomic E-state index is 11.7. The second-order valence-electron chi connectivity index (χ2n) is 4.60. The highest BCUT2D eigenvalue weighted by molar-refractivity contribution is 5.77. The first-order valence-electron chi connectivity index (χ1n) is 7.16. The normalized spacial score (nSPS) is 12.6. The molecule has 1 aromatic carbocycles. The molecule has 114 valence electrons. The standard InChI is InChI=1S/C17H22O4/c1-3-14(15(4-2)13-18)12-17(19)21-11-10-20-16-8-6-5-7-9-16/h4-9,13-14H,3,10-12H2,1-2H3. The molecule has 0 aliphatic carbocycles. The second-order valence-corrected chi connectivity index (χ2v) is 4.60. The van der Waals surface area contributed by atoms with E-state index in [-0.39, 0.29) is 24.9 Å². The van der Waals surface area contributed by atoms with Gasteiger partial charge in [0.15, 0.2) is 0 Å². The van der Waals surface area contributed by atoms with E-state index in [2.05, 4.69) is 0 Å². The zero-order valence-electron chi connectivity index (χ0n) is 12.6. The Hall–Kier alpha value is -2.10. The van der Waals surface area contributed by atoms with Crippen molar-refractivity contribution in [2.45, 2.75) is 26.7 Å². The van der Waals surface area contributed by atoms with Gasteiger partial charge < -0.3 is 9.47 Å². The zero-order valence-corrected chi connectivity index (χ0v) is 12.6. The van der Waals surface area contributed by atoms with Gasteiger partial charge in [-0.2, -0.15) is 0 Å². The van der Waals surface area contributed by atoms with Crippen LogP contribution in [0.2, 0.25) is 0 Å². The van der Waals surface area contributed by atoms with Gasteiger partial charge in [0, 0.05) is 0 Å². The smallest absolute Gasteiger partial charge is 0.306 e. The van der Waals surface area contributed by atoms with Crippen LogP contribution in [0, 0.1) is 5.92 Å². The van der Waals surface area contributed by atoms with Crippen LogP contribution >= 0.6 is 0 Å².